The van der Waals surface area contributed by atoms with Crippen molar-refractivity contribution in [3.8, 4) is 10.6 Å². The molecule has 0 amide bonds. The number of fused-ring (bicyclic) bond motifs is 1. The Labute approximate surface area is 146 Å². The second-order valence-corrected chi connectivity index (χ2v) is 6.56. The van der Waals surface area contributed by atoms with Crippen molar-refractivity contribution in [1.29, 1.82) is 0 Å². The Kier molecular flexibility index (Phi) is 3.69. The Morgan fingerprint density at radius 1 is 1.13 bits per heavy atom. The highest BCUT2D eigenvalue weighted by Gasteiger charge is 2.09. The minimum absolute atomic E-state index is 0.470. The fraction of sp³-hybridized carbons (Fsp3) is 0. The lowest BCUT2D eigenvalue weighted by atomic mass is 10.2. The van der Waals surface area contributed by atoms with Crippen molar-refractivity contribution >= 4 is 57.2 Å². The summed E-state index contributed by atoms with van der Waals surface area (Å²) in [5, 5.41) is 7.07. The van der Waals surface area contributed by atoms with Gasteiger partial charge < -0.3 is 10.3 Å². The summed E-state index contributed by atoms with van der Waals surface area (Å²) in [6.07, 6.45) is 1.80. The van der Waals surface area contributed by atoms with E-state index in [4.69, 9.17) is 23.2 Å². The largest absolute Gasteiger partial charge is 0.324 e. The molecule has 0 aliphatic carbocycles. The summed E-state index contributed by atoms with van der Waals surface area (Å²) in [5.41, 5.74) is 3.56. The molecule has 2 aromatic heterocycles. The van der Waals surface area contributed by atoms with Gasteiger partial charge in [0, 0.05) is 17.1 Å². The number of halogens is 2. The van der Waals surface area contributed by atoms with E-state index in [1.807, 2.05) is 35.7 Å². The lowest BCUT2D eigenvalue weighted by Crippen LogP contribution is -1.93. The molecule has 0 spiro atoms. The van der Waals surface area contributed by atoms with Crippen molar-refractivity contribution in [2.24, 2.45) is 0 Å². The van der Waals surface area contributed by atoms with E-state index in [2.05, 4.69) is 20.3 Å². The molecule has 4 nitrogen and oxygen atoms in total. The Morgan fingerprint density at radius 2 is 2.04 bits per heavy atom. The number of hydrogen-bond donors (Lipinski definition) is 2. The molecule has 0 bridgehead atoms. The molecule has 114 valence electrons. The molecule has 7 heteroatoms. The van der Waals surface area contributed by atoms with Crippen molar-refractivity contribution in [2.75, 3.05) is 5.32 Å². The third kappa shape index (κ3) is 2.79. The molecule has 4 aromatic rings. The van der Waals surface area contributed by atoms with Crippen molar-refractivity contribution < 1.29 is 0 Å². The number of imidazole rings is 1. The second-order valence-electron chi connectivity index (χ2n) is 4.88. The van der Waals surface area contributed by atoms with Crippen LogP contribution in [0.3, 0.4) is 0 Å². The quantitative estimate of drug-likeness (QED) is 0.489. The summed E-state index contributed by atoms with van der Waals surface area (Å²) in [5.74, 6) is 0.612. The number of benzene rings is 2. The van der Waals surface area contributed by atoms with Crippen LogP contribution in [0.4, 0.5) is 11.6 Å². The highest BCUT2D eigenvalue weighted by atomic mass is 35.5. The van der Waals surface area contributed by atoms with Crippen molar-refractivity contribution in [1.82, 2.24) is 15.0 Å². The van der Waals surface area contributed by atoms with Crippen molar-refractivity contribution in [2.45, 2.75) is 0 Å². The summed E-state index contributed by atoms with van der Waals surface area (Å²) >= 11 is 13.8. The molecule has 0 saturated heterocycles. The van der Waals surface area contributed by atoms with Gasteiger partial charge in [0.1, 0.15) is 5.01 Å². The molecular weight excluding hydrogens is 351 g/mol. The highest BCUT2D eigenvalue weighted by molar-refractivity contribution is 7.13. The van der Waals surface area contributed by atoms with Crippen LogP contribution in [0.2, 0.25) is 10.0 Å². The summed E-state index contributed by atoms with van der Waals surface area (Å²) < 4.78 is 0. The molecule has 2 aromatic carbocycles. The summed E-state index contributed by atoms with van der Waals surface area (Å²) in [4.78, 5) is 12.1. The lowest BCUT2D eigenvalue weighted by Gasteiger charge is -2.05. The number of nitrogens with one attached hydrogen (secondary N) is 2. The van der Waals surface area contributed by atoms with E-state index in [0.29, 0.717) is 21.7 Å². The smallest absolute Gasteiger partial charge is 0.205 e. The first kappa shape index (κ1) is 14.5. The molecule has 0 fully saturated rings. The minimum atomic E-state index is 0.470. The highest BCUT2D eigenvalue weighted by Crippen LogP contribution is 2.32. The Balaban J connectivity index is 1.70. The van der Waals surface area contributed by atoms with Crippen LogP contribution in [0.15, 0.2) is 48.0 Å². The molecule has 0 saturated carbocycles. The van der Waals surface area contributed by atoms with Gasteiger partial charge in [0.05, 0.1) is 26.8 Å². The van der Waals surface area contributed by atoms with Gasteiger partial charge in [-0.25, -0.2) is 9.97 Å². The van der Waals surface area contributed by atoms with E-state index in [-0.39, 0.29) is 0 Å². The van der Waals surface area contributed by atoms with Gasteiger partial charge in [0.25, 0.3) is 0 Å². The van der Waals surface area contributed by atoms with Crippen LogP contribution in [0, 0.1) is 0 Å². The third-order valence-electron chi connectivity index (χ3n) is 3.37. The van der Waals surface area contributed by atoms with Crippen LogP contribution in [0.25, 0.3) is 21.6 Å². The second kappa shape index (κ2) is 5.85. The number of aromatic nitrogens is 3. The van der Waals surface area contributed by atoms with Crippen LogP contribution in [0.1, 0.15) is 0 Å². The predicted octanol–water partition coefficient (Wildman–Crippen LogP) is 5.74. The third-order valence-corrected chi connectivity index (χ3v) is 5.01. The summed E-state index contributed by atoms with van der Waals surface area (Å²) in [6.45, 7) is 0. The van der Waals surface area contributed by atoms with Gasteiger partial charge in [-0.15, -0.1) is 11.3 Å². The van der Waals surface area contributed by atoms with Crippen molar-refractivity contribution in [3.05, 3.63) is 58.0 Å². The molecule has 0 aliphatic rings. The number of hydrogen-bond acceptors (Lipinski definition) is 4. The van der Waals surface area contributed by atoms with Crippen LogP contribution >= 0.6 is 34.5 Å². The van der Waals surface area contributed by atoms with Crippen LogP contribution in [0.5, 0.6) is 0 Å². The minimum Gasteiger partial charge on any atom is -0.324 e. The molecule has 23 heavy (non-hydrogen) atoms. The first-order valence-corrected chi connectivity index (χ1v) is 8.45. The van der Waals surface area contributed by atoms with Gasteiger partial charge in [0.15, 0.2) is 0 Å². The molecule has 0 radical (unpaired) electrons. The van der Waals surface area contributed by atoms with E-state index in [1.54, 1.807) is 23.6 Å². The van der Waals surface area contributed by atoms with Gasteiger partial charge >= 0.3 is 0 Å². The first-order chi connectivity index (χ1) is 11.2. The first-order valence-electron chi connectivity index (χ1n) is 6.81. The maximum atomic E-state index is 6.19. The average Bonchev–Trinajstić information content (AvgIpc) is 3.20. The fourth-order valence-corrected chi connectivity index (χ4v) is 3.28. The number of anilines is 2. The Bertz CT molecular complexity index is 979. The van der Waals surface area contributed by atoms with Crippen LogP contribution < -0.4 is 5.32 Å². The van der Waals surface area contributed by atoms with Gasteiger partial charge in [-0.05, 0) is 30.3 Å². The maximum absolute atomic E-state index is 6.19. The van der Waals surface area contributed by atoms with E-state index >= 15 is 0 Å². The number of H-pyrrole nitrogens is 1. The fourth-order valence-electron chi connectivity index (χ4n) is 2.30. The number of aromatic amines is 1. The van der Waals surface area contributed by atoms with E-state index in [1.165, 1.54) is 0 Å². The summed E-state index contributed by atoms with van der Waals surface area (Å²) in [6, 6.07) is 11.4. The van der Waals surface area contributed by atoms with Crippen LogP contribution in [-0.4, -0.2) is 15.0 Å². The van der Waals surface area contributed by atoms with Gasteiger partial charge in [-0.1, -0.05) is 29.3 Å². The van der Waals surface area contributed by atoms with Gasteiger partial charge in [-0.2, -0.15) is 0 Å². The van der Waals surface area contributed by atoms with E-state index in [0.717, 1.165) is 21.6 Å². The molecule has 2 N–H and O–H groups in total. The number of nitrogens with zero attached hydrogens (tertiary/aromatic N) is 2. The molecule has 0 unspecified atom stereocenters. The number of rotatable bonds is 3. The van der Waals surface area contributed by atoms with Crippen molar-refractivity contribution in [3.63, 3.8) is 0 Å². The molecule has 2 heterocycles. The van der Waals surface area contributed by atoms with Gasteiger partial charge in [0.2, 0.25) is 5.95 Å². The number of thiazole rings is 1. The summed E-state index contributed by atoms with van der Waals surface area (Å²) in [7, 11) is 0. The van der Waals surface area contributed by atoms with E-state index in [9.17, 15) is 0 Å². The standard InChI is InChI=1S/C16H10Cl2N4S/c17-10-2-1-3-12(14(10)18)21-16-20-11-5-4-9(8-13(11)22-16)15-19-6-7-23-15/h1-8H,(H2,20,21,22). The monoisotopic (exact) mass is 360 g/mol. The van der Waals surface area contributed by atoms with E-state index < -0.39 is 0 Å². The Hall–Kier alpha value is -2.08. The zero-order valence-corrected chi connectivity index (χ0v) is 14.0. The van der Waals surface area contributed by atoms with Crippen LogP contribution in [-0.2, 0) is 0 Å². The SMILES string of the molecule is Clc1cccc(Nc2nc3ccc(-c4nccs4)cc3[nH]2)c1Cl. The maximum Gasteiger partial charge on any atom is 0.205 e. The average molecular weight is 361 g/mol. The molecule has 4 rings (SSSR count). The predicted molar refractivity (Wildman–Crippen MR) is 96.9 cm³/mol. The zero-order chi connectivity index (χ0) is 15.8. The lowest BCUT2D eigenvalue weighted by molar-refractivity contribution is 1.31. The molecule has 0 aliphatic heterocycles. The topological polar surface area (TPSA) is 53.6 Å². The van der Waals surface area contributed by atoms with Gasteiger partial charge in [-0.3, -0.25) is 0 Å². The normalized spacial score (nSPS) is 11.0. The molecule has 0 atom stereocenters. The Morgan fingerprint density at radius 3 is 2.87 bits per heavy atom. The zero-order valence-electron chi connectivity index (χ0n) is 11.7. The molecular formula is C16H10Cl2N4S.